The first-order valence-electron chi connectivity index (χ1n) is 17.4. The molecule has 39 heavy (non-hydrogen) atoms. The molecule has 0 aliphatic carbocycles. The fourth-order valence-electron chi connectivity index (χ4n) is 5.29. The first-order valence-corrected chi connectivity index (χ1v) is 17.4. The lowest BCUT2D eigenvalue weighted by molar-refractivity contribution is -0.123. The second kappa shape index (κ2) is 31.7. The number of carbonyl (C=O) groups is 1. The van der Waals surface area contributed by atoms with Gasteiger partial charge in [-0.1, -0.05) is 154 Å². The molecule has 0 bridgehead atoms. The number of hydrogen-bond donors (Lipinski definition) is 3. The van der Waals surface area contributed by atoms with Crippen molar-refractivity contribution in [3.8, 4) is 0 Å². The zero-order valence-corrected chi connectivity index (χ0v) is 26.4. The van der Waals surface area contributed by atoms with Crippen molar-refractivity contribution >= 4 is 5.91 Å². The van der Waals surface area contributed by atoms with Crippen molar-refractivity contribution in [3.63, 3.8) is 0 Å². The lowest BCUT2D eigenvalue weighted by Crippen LogP contribution is -2.45. The molecule has 0 aromatic heterocycles. The zero-order valence-electron chi connectivity index (χ0n) is 26.4. The summed E-state index contributed by atoms with van der Waals surface area (Å²) < 4.78 is 0. The van der Waals surface area contributed by atoms with Crippen LogP contribution in [0.5, 0.6) is 0 Å². The number of hydrogen-bond acceptors (Lipinski definition) is 3. The third kappa shape index (κ3) is 28.5. The van der Waals surface area contributed by atoms with E-state index in [2.05, 4.69) is 31.3 Å². The molecule has 0 heterocycles. The van der Waals surface area contributed by atoms with Crippen molar-refractivity contribution in [2.45, 2.75) is 199 Å². The normalized spacial score (nSPS) is 13.2. The Hall–Kier alpha value is -0.870. The van der Waals surface area contributed by atoms with Crippen molar-refractivity contribution in [3.05, 3.63) is 12.2 Å². The van der Waals surface area contributed by atoms with Gasteiger partial charge in [0.25, 0.3) is 0 Å². The van der Waals surface area contributed by atoms with Crippen LogP contribution in [0, 0.1) is 0 Å². The van der Waals surface area contributed by atoms with E-state index in [0.717, 1.165) is 32.1 Å². The topological polar surface area (TPSA) is 69.6 Å². The molecule has 2 atom stereocenters. The summed E-state index contributed by atoms with van der Waals surface area (Å²) >= 11 is 0. The standard InChI is InChI=1S/C35H69NO3/c1-3-5-7-9-11-13-15-16-17-18-19-21-23-25-27-29-31-35(39)36-33(32-37)34(38)30-28-26-24-22-20-14-12-10-8-6-4-2/h20,22,33-34,37-38H,3-19,21,23-32H2,1-2H3,(H,36,39)/b22-20+/t33-,34+/m0/s1. The Bertz CT molecular complexity index is 522. The number of aliphatic hydroxyl groups is 2. The van der Waals surface area contributed by atoms with Crippen LogP contribution >= 0.6 is 0 Å². The van der Waals surface area contributed by atoms with Gasteiger partial charge in [-0.15, -0.1) is 0 Å². The van der Waals surface area contributed by atoms with Crippen LogP contribution in [0.15, 0.2) is 12.2 Å². The summed E-state index contributed by atoms with van der Waals surface area (Å²) in [6.07, 6.45) is 36.9. The largest absolute Gasteiger partial charge is 0.394 e. The summed E-state index contributed by atoms with van der Waals surface area (Å²) in [5.41, 5.74) is 0. The predicted octanol–water partition coefficient (Wildman–Crippen LogP) is 9.95. The molecule has 0 aromatic carbocycles. The maximum absolute atomic E-state index is 12.3. The minimum Gasteiger partial charge on any atom is -0.394 e. The number of rotatable bonds is 31. The highest BCUT2D eigenvalue weighted by atomic mass is 16.3. The first kappa shape index (κ1) is 38.1. The molecule has 0 saturated heterocycles. The fraction of sp³-hybridized carbons (Fsp3) is 0.914. The smallest absolute Gasteiger partial charge is 0.220 e. The summed E-state index contributed by atoms with van der Waals surface area (Å²) in [5.74, 6) is -0.0414. The number of nitrogens with one attached hydrogen (secondary N) is 1. The Morgan fingerprint density at radius 3 is 1.41 bits per heavy atom. The van der Waals surface area contributed by atoms with Crippen LogP contribution in [0.25, 0.3) is 0 Å². The predicted molar refractivity (Wildman–Crippen MR) is 170 cm³/mol. The van der Waals surface area contributed by atoms with Crippen LogP contribution in [-0.2, 0) is 4.79 Å². The Kier molecular flexibility index (Phi) is 30.9. The molecule has 4 heteroatoms. The second-order valence-corrected chi connectivity index (χ2v) is 11.9. The molecule has 3 N–H and O–H groups in total. The Balaban J connectivity index is 3.57. The number of amides is 1. The fourth-order valence-corrected chi connectivity index (χ4v) is 5.29. The van der Waals surface area contributed by atoms with Crippen molar-refractivity contribution < 1.29 is 15.0 Å². The third-order valence-corrected chi connectivity index (χ3v) is 8.03. The van der Waals surface area contributed by atoms with Crippen molar-refractivity contribution in [2.75, 3.05) is 6.61 Å². The van der Waals surface area contributed by atoms with E-state index in [0.29, 0.717) is 12.8 Å². The van der Waals surface area contributed by atoms with Gasteiger partial charge in [-0.05, 0) is 38.5 Å². The van der Waals surface area contributed by atoms with Crippen LogP contribution < -0.4 is 5.32 Å². The molecule has 0 aliphatic rings. The van der Waals surface area contributed by atoms with Crippen molar-refractivity contribution in [1.29, 1.82) is 0 Å². The van der Waals surface area contributed by atoms with Gasteiger partial charge in [-0.25, -0.2) is 0 Å². The Morgan fingerprint density at radius 2 is 0.974 bits per heavy atom. The zero-order chi connectivity index (χ0) is 28.7. The molecule has 0 saturated carbocycles. The van der Waals surface area contributed by atoms with Gasteiger partial charge in [0.1, 0.15) is 0 Å². The van der Waals surface area contributed by atoms with Gasteiger partial charge in [-0.3, -0.25) is 4.79 Å². The molecule has 4 nitrogen and oxygen atoms in total. The van der Waals surface area contributed by atoms with Gasteiger partial charge in [-0.2, -0.15) is 0 Å². The first-order chi connectivity index (χ1) is 19.2. The van der Waals surface area contributed by atoms with E-state index in [1.165, 1.54) is 128 Å². The van der Waals surface area contributed by atoms with E-state index in [9.17, 15) is 15.0 Å². The van der Waals surface area contributed by atoms with Crippen LogP contribution in [0.4, 0.5) is 0 Å². The highest BCUT2D eigenvalue weighted by Crippen LogP contribution is 2.14. The highest BCUT2D eigenvalue weighted by molar-refractivity contribution is 5.76. The minimum atomic E-state index is -0.674. The molecule has 0 spiro atoms. The molecule has 1 amide bonds. The number of aliphatic hydroxyl groups excluding tert-OH is 2. The highest BCUT2D eigenvalue weighted by Gasteiger charge is 2.19. The van der Waals surface area contributed by atoms with Gasteiger partial charge in [0.05, 0.1) is 18.8 Å². The maximum Gasteiger partial charge on any atom is 0.220 e. The van der Waals surface area contributed by atoms with E-state index in [1.54, 1.807) is 0 Å². The summed E-state index contributed by atoms with van der Waals surface area (Å²) in [6, 6.07) is -0.544. The molecule has 0 aliphatic heterocycles. The van der Waals surface area contributed by atoms with E-state index < -0.39 is 12.1 Å². The molecule has 232 valence electrons. The van der Waals surface area contributed by atoms with Crippen LogP contribution in [0.3, 0.4) is 0 Å². The van der Waals surface area contributed by atoms with Crippen LogP contribution in [-0.4, -0.2) is 34.9 Å². The van der Waals surface area contributed by atoms with E-state index in [-0.39, 0.29) is 12.5 Å². The molecule has 0 fully saturated rings. The summed E-state index contributed by atoms with van der Waals surface area (Å²) in [7, 11) is 0. The molecule has 0 unspecified atom stereocenters. The quantitative estimate of drug-likeness (QED) is 0.0593. The van der Waals surface area contributed by atoms with Gasteiger partial charge >= 0.3 is 0 Å². The van der Waals surface area contributed by atoms with Crippen LogP contribution in [0.1, 0.15) is 187 Å². The lowest BCUT2D eigenvalue weighted by Gasteiger charge is -2.22. The average Bonchev–Trinajstić information content (AvgIpc) is 2.94. The number of carbonyl (C=O) groups excluding carboxylic acids is 1. The molecule has 0 aromatic rings. The summed E-state index contributed by atoms with van der Waals surface area (Å²) in [6.45, 7) is 4.32. The number of unbranched alkanes of at least 4 members (excludes halogenated alkanes) is 22. The molecule has 0 radical (unpaired) electrons. The molecular formula is C35H69NO3. The average molecular weight is 552 g/mol. The summed E-state index contributed by atoms with van der Waals surface area (Å²) in [4.78, 5) is 12.3. The van der Waals surface area contributed by atoms with E-state index in [1.807, 2.05) is 0 Å². The Labute approximate surface area is 244 Å². The van der Waals surface area contributed by atoms with Gasteiger partial charge in [0.15, 0.2) is 0 Å². The SMILES string of the molecule is CCCCCCC/C=C/CCCC[C@@H](O)[C@H](CO)NC(=O)CCCCCCCCCCCCCCCCCC. The Morgan fingerprint density at radius 1 is 0.590 bits per heavy atom. The minimum absolute atomic E-state index is 0.0414. The van der Waals surface area contributed by atoms with Crippen molar-refractivity contribution in [2.24, 2.45) is 0 Å². The van der Waals surface area contributed by atoms with Gasteiger partial charge in [0, 0.05) is 6.42 Å². The molecule has 0 rings (SSSR count). The second-order valence-electron chi connectivity index (χ2n) is 11.9. The lowest BCUT2D eigenvalue weighted by atomic mass is 10.0. The number of allylic oxidation sites excluding steroid dienone is 2. The summed E-state index contributed by atoms with van der Waals surface area (Å²) in [5, 5.41) is 22.9. The maximum atomic E-state index is 12.3. The van der Waals surface area contributed by atoms with Gasteiger partial charge in [0.2, 0.25) is 5.91 Å². The van der Waals surface area contributed by atoms with E-state index in [4.69, 9.17) is 0 Å². The monoisotopic (exact) mass is 552 g/mol. The van der Waals surface area contributed by atoms with Crippen LogP contribution in [0.2, 0.25) is 0 Å². The third-order valence-electron chi connectivity index (χ3n) is 8.03. The van der Waals surface area contributed by atoms with Crippen molar-refractivity contribution in [1.82, 2.24) is 5.32 Å². The molecular weight excluding hydrogens is 482 g/mol. The van der Waals surface area contributed by atoms with Gasteiger partial charge < -0.3 is 15.5 Å². The van der Waals surface area contributed by atoms with E-state index >= 15 is 0 Å².